The number of amides is 1. The highest BCUT2D eigenvalue weighted by atomic mass is 19.1. The number of rotatable bonds is 6. The molecule has 0 aromatic heterocycles. The number of aliphatic carboxylic acids is 1. The summed E-state index contributed by atoms with van der Waals surface area (Å²) in [5.74, 6) is -1.88. The van der Waals surface area contributed by atoms with Crippen LogP contribution in [-0.4, -0.2) is 53.9 Å². The van der Waals surface area contributed by atoms with Crippen molar-refractivity contribution in [3.8, 4) is 0 Å². The lowest BCUT2D eigenvalue weighted by atomic mass is 10.1. The van der Waals surface area contributed by atoms with E-state index >= 15 is 0 Å². The smallest absolute Gasteiger partial charge is 0.343 e. The molecule has 21 heavy (non-hydrogen) atoms. The Bertz CT molecular complexity index is 508. The molecule has 6 heteroatoms. The number of likely N-dealkylation sites (tertiary alicyclic amines) is 1. The fourth-order valence-corrected chi connectivity index (χ4v) is 2.25. The van der Waals surface area contributed by atoms with Crippen molar-refractivity contribution >= 4 is 11.9 Å². The van der Waals surface area contributed by atoms with Gasteiger partial charge in [-0.15, -0.1) is 0 Å². The molecule has 0 bridgehead atoms. The number of ether oxygens (including phenoxy) is 1. The molecule has 1 aliphatic heterocycles. The second-order valence-electron chi connectivity index (χ2n) is 5.12. The van der Waals surface area contributed by atoms with E-state index in [4.69, 9.17) is 9.84 Å². The quantitative estimate of drug-likeness (QED) is 0.803. The minimum atomic E-state index is -2.32. The number of hydrogen-bond acceptors (Lipinski definition) is 3. The van der Waals surface area contributed by atoms with Gasteiger partial charge in [0.1, 0.15) is 6.61 Å². The molecule has 1 unspecified atom stereocenters. The van der Waals surface area contributed by atoms with E-state index in [0.717, 1.165) is 5.56 Å². The summed E-state index contributed by atoms with van der Waals surface area (Å²) in [6.07, 6.45) is 0.522. The zero-order chi connectivity index (χ0) is 15.3. The van der Waals surface area contributed by atoms with Crippen molar-refractivity contribution in [2.75, 3.05) is 26.3 Å². The number of carbonyl (C=O) groups excluding carboxylic acids is 1. The van der Waals surface area contributed by atoms with Crippen molar-refractivity contribution in [3.63, 3.8) is 0 Å². The van der Waals surface area contributed by atoms with Crippen LogP contribution in [0.1, 0.15) is 12.0 Å². The molecular formula is C15H18FNO4. The molecule has 1 aromatic carbocycles. The van der Waals surface area contributed by atoms with E-state index < -0.39 is 18.2 Å². The molecule has 1 saturated heterocycles. The first-order valence-corrected chi connectivity index (χ1v) is 6.83. The highest BCUT2D eigenvalue weighted by Crippen LogP contribution is 2.25. The second kappa shape index (κ2) is 6.67. The molecule has 1 aromatic rings. The summed E-state index contributed by atoms with van der Waals surface area (Å²) in [4.78, 5) is 23.8. The zero-order valence-corrected chi connectivity index (χ0v) is 11.6. The van der Waals surface area contributed by atoms with Crippen molar-refractivity contribution < 1.29 is 23.8 Å². The standard InChI is InChI=1S/C15H18FNO4/c16-15(14(19)20)7-8-17(11-15)13(18)10-21-9-6-12-4-2-1-3-5-12/h1-5H,6-11H2,(H,19,20). The zero-order valence-electron chi connectivity index (χ0n) is 11.6. The maximum Gasteiger partial charge on any atom is 0.343 e. The number of carboxylic acids is 1. The Morgan fingerprint density at radius 1 is 1.33 bits per heavy atom. The summed E-state index contributed by atoms with van der Waals surface area (Å²) in [6.45, 7) is -0.0429. The lowest BCUT2D eigenvalue weighted by Crippen LogP contribution is -2.40. The summed E-state index contributed by atoms with van der Waals surface area (Å²) < 4.78 is 19.1. The molecule has 0 aliphatic carbocycles. The van der Waals surface area contributed by atoms with Crippen LogP contribution >= 0.6 is 0 Å². The van der Waals surface area contributed by atoms with Gasteiger partial charge < -0.3 is 14.7 Å². The number of hydrogen-bond donors (Lipinski definition) is 1. The number of carbonyl (C=O) groups is 2. The Kier molecular flexibility index (Phi) is 4.90. The number of alkyl halides is 1. The molecule has 1 fully saturated rings. The van der Waals surface area contributed by atoms with E-state index in [-0.39, 0.29) is 25.5 Å². The molecular weight excluding hydrogens is 277 g/mol. The molecule has 1 aliphatic rings. The van der Waals surface area contributed by atoms with Crippen molar-refractivity contribution in [2.45, 2.75) is 18.5 Å². The van der Waals surface area contributed by atoms with Gasteiger partial charge in [0.25, 0.3) is 0 Å². The molecule has 1 atom stereocenters. The van der Waals surface area contributed by atoms with E-state index in [1.807, 2.05) is 30.3 Å². The van der Waals surface area contributed by atoms with E-state index in [2.05, 4.69) is 0 Å². The monoisotopic (exact) mass is 295 g/mol. The average molecular weight is 295 g/mol. The van der Waals surface area contributed by atoms with Crippen LogP contribution in [-0.2, 0) is 20.7 Å². The molecule has 1 N–H and O–H groups in total. The molecule has 1 heterocycles. The molecule has 0 spiro atoms. The Hall–Kier alpha value is -1.95. The third-order valence-corrected chi connectivity index (χ3v) is 3.56. The van der Waals surface area contributed by atoms with Gasteiger partial charge in [0.15, 0.2) is 0 Å². The van der Waals surface area contributed by atoms with Crippen LogP contribution in [0.15, 0.2) is 30.3 Å². The van der Waals surface area contributed by atoms with Crippen LogP contribution < -0.4 is 0 Å². The molecule has 1 amide bonds. The second-order valence-corrected chi connectivity index (χ2v) is 5.12. The number of carboxylic acid groups (broad SMARTS) is 1. The largest absolute Gasteiger partial charge is 0.479 e. The number of nitrogens with zero attached hydrogens (tertiary/aromatic N) is 1. The van der Waals surface area contributed by atoms with E-state index in [9.17, 15) is 14.0 Å². The minimum absolute atomic E-state index is 0.115. The van der Waals surface area contributed by atoms with Gasteiger partial charge in [0.2, 0.25) is 11.6 Å². The maximum absolute atomic E-state index is 13.8. The van der Waals surface area contributed by atoms with Gasteiger partial charge in [0.05, 0.1) is 13.2 Å². The van der Waals surface area contributed by atoms with Crippen molar-refractivity contribution in [1.82, 2.24) is 4.90 Å². The topological polar surface area (TPSA) is 66.8 Å². The van der Waals surface area contributed by atoms with E-state index in [1.165, 1.54) is 4.90 Å². The Balaban J connectivity index is 1.70. The van der Waals surface area contributed by atoms with Crippen molar-refractivity contribution in [1.29, 1.82) is 0 Å². The Labute approximate surface area is 122 Å². The van der Waals surface area contributed by atoms with Crippen molar-refractivity contribution in [3.05, 3.63) is 35.9 Å². The maximum atomic E-state index is 13.8. The van der Waals surface area contributed by atoms with Gasteiger partial charge in [-0.3, -0.25) is 4.79 Å². The third-order valence-electron chi connectivity index (χ3n) is 3.56. The van der Waals surface area contributed by atoms with Gasteiger partial charge in [-0.25, -0.2) is 9.18 Å². The van der Waals surface area contributed by atoms with Crippen LogP contribution in [0.25, 0.3) is 0 Å². The highest BCUT2D eigenvalue weighted by Gasteiger charge is 2.46. The predicted molar refractivity (Wildman–Crippen MR) is 73.6 cm³/mol. The number of halogens is 1. The van der Waals surface area contributed by atoms with Gasteiger partial charge in [-0.2, -0.15) is 0 Å². The van der Waals surface area contributed by atoms with Crippen molar-refractivity contribution in [2.24, 2.45) is 0 Å². The fourth-order valence-electron chi connectivity index (χ4n) is 2.25. The lowest BCUT2D eigenvalue weighted by molar-refractivity contribution is -0.150. The van der Waals surface area contributed by atoms with Gasteiger partial charge in [-0.05, 0) is 12.0 Å². The first-order valence-electron chi connectivity index (χ1n) is 6.83. The Morgan fingerprint density at radius 3 is 2.67 bits per heavy atom. The molecule has 0 radical (unpaired) electrons. The highest BCUT2D eigenvalue weighted by molar-refractivity contribution is 5.82. The fraction of sp³-hybridized carbons (Fsp3) is 0.467. The normalized spacial score (nSPS) is 21.5. The molecule has 114 valence electrons. The van der Waals surface area contributed by atoms with Crippen LogP contribution in [0, 0.1) is 0 Å². The summed E-state index contributed by atoms with van der Waals surface area (Å²) in [7, 11) is 0. The van der Waals surface area contributed by atoms with Crippen LogP contribution in [0.5, 0.6) is 0 Å². The summed E-state index contributed by atoms with van der Waals surface area (Å²) >= 11 is 0. The first-order chi connectivity index (χ1) is 10.0. The molecule has 2 rings (SSSR count). The summed E-state index contributed by atoms with van der Waals surface area (Å²) in [5, 5.41) is 8.77. The minimum Gasteiger partial charge on any atom is -0.479 e. The van der Waals surface area contributed by atoms with Crippen LogP contribution in [0.4, 0.5) is 4.39 Å². The van der Waals surface area contributed by atoms with E-state index in [0.29, 0.717) is 13.0 Å². The Morgan fingerprint density at radius 2 is 2.05 bits per heavy atom. The van der Waals surface area contributed by atoms with Gasteiger partial charge in [-0.1, -0.05) is 30.3 Å². The third kappa shape index (κ3) is 4.01. The van der Waals surface area contributed by atoms with Gasteiger partial charge >= 0.3 is 5.97 Å². The first kappa shape index (κ1) is 15.4. The van der Waals surface area contributed by atoms with E-state index in [1.54, 1.807) is 0 Å². The lowest BCUT2D eigenvalue weighted by Gasteiger charge is -2.17. The van der Waals surface area contributed by atoms with Gasteiger partial charge in [0, 0.05) is 13.0 Å². The molecule has 5 nitrogen and oxygen atoms in total. The summed E-state index contributed by atoms with van der Waals surface area (Å²) in [6, 6.07) is 9.72. The predicted octanol–water partition coefficient (Wildman–Crippen LogP) is 1.27. The SMILES string of the molecule is O=C(COCCc1ccccc1)N1CCC(F)(C(=O)O)C1. The van der Waals surface area contributed by atoms with Crippen LogP contribution in [0.2, 0.25) is 0 Å². The average Bonchev–Trinajstić information content (AvgIpc) is 2.89. The number of benzene rings is 1. The summed E-state index contributed by atoms with van der Waals surface area (Å²) in [5.41, 5.74) is -1.21. The van der Waals surface area contributed by atoms with Crippen LogP contribution in [0.3, 0.4) is 0 Å². The molecule has 0 saturated carbocycles.